The lowest BCUT2D eigenvalue weighted by atomic mass is 10.1. The van der Waals surface area contributed by atoms with Crippen molar-refractivity contribution in [3.8, 4) is 16.9 Å². The van der Waals surface area contributed by atoms with E-state index in [-0.39, 0.29) is 11.4 Å². The molecule has 0 unspecified atom stereocenters. The van der Waals surface area contributed by atoms with Crippen LogP contribution in [0.15, 0.2) is 106 Å². The van der Waals surface area contributed by atoms with Crippen LogP contribution in [0.3, 0.4) is 0 Å². The predicted octanol–water partition coefficient (Wildman–Crippen LogP) is 3.95. The highest BCUT2D eigenvalue weighted by Crippen LogP contribution is 2.34. The summed E-state index contributed by atoms with van der Waals surface area (Å²) in [5.74, 6) is 0.712. The van der Waals surface area contributed by atoms with E-state index in [9.17, 15) is 9.59 Å². The fourth-order valence-electron chi connectivity index (χ4n) is 3.46. The Labute approximate surface area is 170 Å². The molecule has 6 heteroatoms. The molecule has 0 saturated heterocycles. The summed E-state index contributed by atoms with van der Waals surface area (Å²) in [4.78, 5) is 26.2. The van der Waals surface area contributed by atoms with Crippen molar-refractivity contribution in [1.29, 1.82) is 0 Å². The summed E-state index contributed by atoms with van der Waals surface area (Å²) in [7, 11) is 0. The molecule has 0 radical (unpaired) electrons. The third-order valence-corrected chi connectivity index (χ3v) is 5.95. The van der Waals surface area contributed by atoms with Gasteiger partial charge in [0, 0.05) is 11.3 Å². The highest BCUT2D eigenvalue weighted by molar-refractivity contribution is 7.98. The molecule has 2 heterocycles. The van der Waals surface area contributed by atoms with E-state index in [0.717, 1.165) is 21.8 Å². The van der Waals surface area contributed by atoms with Gasteiger partial charge < -0.3 is 0 Å². The highest BCUT2D eigenvalue weighted by Gasteiger charge is 2.27. The van der Waals surface area contributed by atoms with Crippen molar-refractivity contribution in [2.24, 2.45) is 0 Å². The van der Waals surface area contributed by atoms with Gasteiger partial charge in [-0.05, 0) is 17.7 Å². The lowest BCUT2D eigenvalue weighted by Gasteiger charge is -2.18. The summed E-state index contributed by atoms with van der Waals surface area (Å²) in [5, 5.41) is 0.789. The van der Waals surface area contributed by atoms with E-state index < -0.39 is 0 Å². The Kier molecular flexibility index (Phi) is 4.33. The fraction of sp³-hybridized carbons (Fsp3) is 0.0435. The second kappa shape index (κ2) is 7.14. The normalized spacial score (nSPS) is 11.3. The first-order valence-electron chi connectivity index (χ1n) is 9.25. The largest absolute Gasteiger partial charge is 0.357 e. The van der Waals surface area contributed by atoms with Gasteiger partial charge in [-0.2, -0.15) is 9.03 Å². The number of hydrogen-bond donors (Lipinski definition) is 0. The number of hydrogen-bond acceptors (Lipinski definition) is 3. The standard InChI is InChI=1S/C23H17N3O2S/c27-22-24(19-14-8-3-9-15-19)23(28)26-21(29-16-17-10-4-1-5-11-17)20(25(22)26)18-12-6-2-7-13-18/h1-15H,16H2. The van der Waals surface area contributed by atoms with Crippen LogP contribution in [0.25, 0.3) is 16.9 Å². The third-order valence-electron chi connectivity index (χ3n) is 4.83. The molecule has 0 bridgehead atoms. The van der Waals surface area contributed by atoms with Gasteiger partial charge in [-0.25, -0.2) is 14.2 Å². The monoisotopic (exact) mass is 399 g/mol. The minimum Gasteiger partial charge on any atom is -0.245 e. The van der Waals surface area contributed by atoms with Gasteiger partial charge in [-0.15, -0.1) is 0 Å². The van der Waals surface area contributed by atoms with E-state index >= 15 is 0 Å². The van der Waals surface area contributed by atoms with E-state index in [4.69, 9.17) is 0 Å². The van der Waals surface area contributed by atoms with Gasteiger partial charge in [-0.3, -0.25) is 0 Å². The van der Waals surface area contributed by atoms with Crippen molar-refractivity contribution in [2.75, 3.05) is 0 Å². The molecule has 0 spiro atoms. The molecular formula is C23H17N3O2S. The molecule has 0 aliphatic carbocycles. The van der Waals surface area contributed by atoms with Crippen molar-refractivity contribution in [1.82, 2.24) is 13.6 Å². The maximum Gasteiger partial charge on any atom is 0.357 e. The Balaban J connectivity index is 1.69. The molecule has 0 aliphatic rings. The molecule has 0 N–H and O–H groups in total. The zero-order valence-corrected chi connectivity index (χ0v) is 16.3. The van der Waals surface area contributed by atoms with Gasteiger partial charge >= 0.3 is 11.4 Å². The number of fused-ring (bicyclic) bond motifs is 1. The van der Waals surface area contributed by atoms with E-state index in [1.54, 1.807) is 23.9 Å². The summed E-state index contributed by atoms with van der Waals surface area (Å²) in [6.07, 6.45) is 0. The number of aromatic nitrogens is 3. The van der Waals surface area contributed by atoms with Crippen LogP contribution in [0.2, 0.25) is 0 Å². The molecule has 29 heavy (non-hydrogen) atoms. The number of rotatable bonds is 5. The first-order chi connectivity index (χ1) is 14.3. The van der Waals surface area contributed by atoms with Crippen molar-refractivity contribution in [2.45, 2.75) is 10.8 Å². The third kappa shape index (κ3) is 2.89. The Morgan fingerprint density at radius 1 is 0.655 bits per heavy atom. The molecule has 2 aromatic heterocycles. The second-order valence-electron chi connectivity index (χ2n) is 6.65. The van der Waals surface area contributed by atoms with E-state index in [2.05, 4.69) is 12.1 Å². The van der Waals surface area contributed by atoms with Crippen LogP contribution in [-0.2, 0) is 5.75 Å². The summed E-state index contributed by atoms with van der Waals surface area (Å²) < 4.78 is 4.17. The molecule has 3 aromatic carbocycles. The topological polar surface area (TPSA) is 47.9 Å². The molecule has 0 fully saturated rings. The second-order valence-corrected chi connectivity index (χ2v) is 7.62. The summed E-state index contributed by atoms with van der Waals surface area (Å²) in [5.41, 5.74) is 2.70. The Hall–Kier alpha value is -3.51. The van der Waals surface area contributed by atoms with Gasteiger partial charge in [0.05, 0.1) is 5.69 Å². The molecule has 0 amide bonds. The minimum absolute atomic E-state index is 0.351. The number of benzene rings is 3. The molecule has 5 aromatic rings. The zero-order chi connectivity index (χ0) is 19.8. The van der Waals surface area contributed by atoms with Crippen LogP contribution in [0.4, 0.5) is 0 Å². The lowest BCUT2D eigenvalue weighted by molar-refractivity contribution is 0.643. The first-order valence-corrected chi connectivity index (χ1v) is 10.2. The van der Waals surface area contributed by atoms with Crippen molar-refractivity contribution in [3.05, 3.63) is 118 Å². The van der Waals surface area contributed by atoms with Gasteiger partial charge in [0.25, 0.3) is 0 Å². The Morgan fingerprint density at radius 2 is 1.21 bits per heavy atom. The van der Waals surface area contributed by atoms with Crippen LogP contribution in [-0.4, -0.2) is 13.6 Å². The molecule has 5 nitrogen and oxygen atoms in total. The van der Waals surface area contributed by atoms with E-state index in [1.807, 2.05) is 66.7 Å². The van der Waals surface area contributed by atoms with Gasteiger partial charge in [0.1, 0.15) is 10.7 Å². The minimum atomic E-state index is -0.357. The molecule has 142 valence electrons. The van der Waals surface area contributed by atoms with E-state index in [1.165, 1.54) is 13.6 Å². The average Bonchev–Trinajstić information content (AvgIpc) is 2.96. The van der Waals surface area contributed by atoms with Crippen molar-refractivity contribution < 1.29 is 0 Å². The van der Waals surface area contributed by atoms with Gasteiger partial charge in [-0.1, -0.05) is 90.6 Å². The van der Waals surface area contributed by atoms with Crippen LogP contribution < -0.4 is 11.4 Å². The SMILES string of the molecule is O=c1n(-c2ccccc2)c(=O)n2c(-c3ccccc3)c(SCc3ccccc3)n12. The quantitative estimate of drug-likeness (QED) is 0.421. The van der Waals surface area contributed by atoms with Crippen LogP contribution in [0.1, 0.15) is 5.56 Å². The van der Waals surface area contributed by atoms with Gasteiger partial charge in [0.15, 0.2) is 0 Å². The predicted molar refractivity (Wildman–Crippen MR) is 115 cm³/mol. The maximum atomic E-state index is 13.1. The number of nitrogens with zero attached hydrogens (tertiary/aromatic N) is 3. The van der Waals surface area contributed by atoms with Crippen LogP contribution in [0.5, 0.6) is 0 Å². The molecule has 0 atom stereocenters. The maximum absolute atomic E-state index is 13.1. The van der Waals surface area contributed by atoms with Gasteiger partial charge in [0.2, 0.25) is 0 Å². The molecule has 0 saturated carbocycles. The Bertz CT molecular complexity index is 1370. The molecule has 0 aliphatic heterocycles. The molecular weight excluding hydrogens is 382 g/mol. The summed E-state index contributed by atoms with van der Waals surface area (Å²) in [6, 6.07) is 28.8. The number of thioether (sulfide) groups is 1. The van der Waals surface area contributed by atoms with E-state index in [0.29, 0.717) is 11.4 Å². The molecule has 5 rings (SSSR count). The Morgan fingerprint density at radius 3 is 1.86 bits per heavy atom. The van der Waals surface area contributed by atoms with Crippen LogP contribution >= 0.6 is 11.8 Å². The summed E-state index contributed by atoms with van der Waals surface area (Å²) >= 11 is 1.56. The lowest BCUT2D eigenvalue weighted by Crippen LogP contribution is -2.25. The highest BCUT2D eigenvalue weighted by atomic mass is 32.2. The first kappa shape index (κ1) is 17.6. The fourth-order valence-corrected chi connectivity index (χ4v) is 4.58. The average molecular weight is 399 g/mol. The van der Waals surface area contributed by atoms with Crippen molar-refractivity contribution in [3.63, 3.8) is 0 Å². The zero-order valence-electron chi connectivity index (χ0n) is 15.4. The smallest absolute Gasteiger partial charge is 0.245 e. The summed E-state index contributed by atoms with van der Waals surface area (Å²) in [6.45, 7) is 0. The van der Waals surface area contributed by atoms with Crippen LogP contribution in [0, 0.1) is 0 Å². The van der Waals surface area contributed by atoms with Crippen molar-refractivity contribution >= 4 is 11.8 Å². The number of para-hydroxylation sites is 1.